The smallest absolute Gasteiger partial charge is 0.230 e. The van der Waals surface area contributed by atoms with Crippen molar-refractivity contribution in [2.24, 2.45) is 0 Å². The number of aromatic nitrogens is 6. The molecule has 3 heterocycles. The summed E-state index contributed by atoms with van der Waals surface area (Å²) in [5.74, 6) is 2.36. The van der Waals surface area contributed by atoms with Gasteiger partial charge < -0.3 is 10.2 Å². The summed E-state index contributed by atoms with van der Waals surface area (Å²) in [6, 6.07) is 0.281. The third kappa shape index (κ3) is 6.65. The van der Waals surface area contributed by atoms with Gasteiger partial charge in [0.05, 0.1) is 13.2 Å². The summed E-state index contributed by atoms with van der Waals surface area (Å²) in [6.45, 7) is 13.7. The van der Waals surface area contributed by atoms with E-state index >= 15 is 0 Å². The molecule has 0 radical (unpaired) electrons. The highest BCUT2D eigenvalue weighted by molar-refractivity contribution is 6.28. The van der Waals surface area contributed by atoms with Gasteiger partial charge in [-0.2, -0.15) is 9.97 Å². The Hall–Kier alpha value is -1.68. The predicted molar refractivity (Wildman–Crippen MR) is 122 cm³/mol. The van der Waals surface area contributed by atoms with Gasteiger partial charge in [0.1, 0.15) is 17.5 Å². The van der Waals surface area contributed by atoms with E-state index in [0.29, 0.717) is 36.6 Å². The van der Waals surface area contributed by atoms with Crippen molar-refractivity contribution in [2.75, 3.05) is 18.6 Å². The van der Waals surface area contributed by atoms with Crippen LogP contribution in [0.4, 0.5) is 5.95 Å². The van der Waals surface area contributed by atoms with Crippen LogP contribution in [0.15, 0.2) is 0 Å². The molecule has 0 saturated carbocycles. The Kier molecular flexibility index (Phi) is 7.00. The molecule has 0 aromatic carbocycles. The van der Waals surface area contributed by atoms with Crippen molar-refractivity contribution in [3.8, 4) is 0 Å². The second-order valence-corrected chi connectivity index (χ2v) is 10.2. The van der Waals surface area contributed by atoms with E-state index in [9.17, 15) is 0 Å². The zero-order valence-corrected chi connectivity index (χ0v) is 20.8. The van der Waals surface area contributed by atoms with Gasteiger partial charge >= 0.3 is 0 Å². The van der Waals surface area contributed by atoms with E-state index in [-0.39, 0.29) is 27.7 Å². The van der Waals surface area contributed by atoms with Crippen LogP contribution in [0.1, 0.15) is 58.0 Å². The monoisotopic (exact) mass is 467 g/mol. The van der Waals surface area contributed by atoms with Gasteiger partial charge in [0.25, 0.3) is 0 Å². The molecule has 9 nitrogen and oxygen atoms in total. The maximum Gasteiger partial charge on any atom is 0.230 e. The average molecular weight is 468 g/mol. The molecular weight excluding hydrogens is 437 g/mol. The fraction of sp³-hybridized carbons (Fsp3) is 0.700. The number of anilines is 1. The van der Waals surface area contributed by atoms with Gasteiger partial charge in [-0.3, -0.25) is 4.90 Å². The van der Waals surface area contributed by atoms with E-state index in [1.54, 1.807) is 6.92 Å². The van der Waals surface area contributed by atoms with Crippen molar-refractivity contribution in [3.05, 3.63) is 28.0 Å². The fourth-order valence-electron chi connectivity index (χ4n) is 4.52. The molecule has 0 spiro atoms. The van der Waals surface area contributed by atoms with Gasteiger partial charge in [0.15, 0.2) is 0 Å². The number of piperidine rings is 1. The van der Waals surface area contributed by atoms with Gasteiger partial charge in [-0.05, 0) is 77.6 Å². The number of rotatable bonds is 6. The zero-order valence-electron chi connectivity index (χ0n) is 19.2. The molecule has 2 aromatic rings. The van der Waals surface area contributed by atoms with E-state index < -0.39 is 0 Å². The van der Waals surface area contributed by atoms with E-state index in [1.165, 1.54) is 0 Å². The van der Waals surface area contributed by atoms with E-state index in [0.717, 1.165) is 12.8 Å². The molecule has 0 bridgehead atoms. The van der Waals surface area contributed by atoms with Crippen molar-refractivity contribution in [1.29, 1.82) is 0 Å². The van der Waals surface area contributed by atoms with E-state index in [4.69, 9.17) is 23.2 Å². The summed E-state index contributed by atoms with van der Waals surface area (Å²) < 4.78 is 0. The van der Waals surface area contributed by atoms with Crippen LogP contribution < -0.4 is 10.2 Å². The number of hydrogen-bond acceptors (Lipinski definition) is 9. The summed E-state index contributed by atoms with van der Waals surface area (Å²) in [4.78, 5) is 30.1. The lowest BCUT2D eigenvalue weighted by atomic mass is 9.79. The summed E-state index contributed by atoms with van der Waals surface area (Å²) in [7, 11) is 1.95. The van der Waals surface area contributed by atoms with Crippen LogP contribution in [-0.2, 0) is 6.54 Å². The molecule has 11 heteroatoms. The summed E-state index contributed by atoms with van der Waals surface area (Å²) in [6.07, 6.45) is 1.94. The molecule has 0 unspecified atom stereocenters. The lowest BCUT2D eigenvalue weighted by Gasteiger charge is -2.50. The second kappa shape index (κ2) is 9.05. The number of nitrogens with one attached hydrogen (secondary N) is 1. The fourth-order valence-corrected chi connectivity index (χ4v) is 4.94. The molecule has 170 valence electrons. The minimum Gasteiger partial charge on any atom is -0.331 e. The van der Waals surface area contributed by atoms with Gasteiger partial charge in [-0.1, -0.05) is 0 Å². The molecule has 1 aliphatic heterocycles. The van der Waals surface area contributed by atoms with Crippen LogP contribution in [-0.4, -0.2) is 65.6 Å². The highest BCUT2D eigenvalue weighted by atomic mass is 35.5. The van der Waals surface area contributed by atoms with Crippen molar-refractivity contribution < 1.29 is 0 Å². The Morgan fingerprint density at radius 1 is 0.871 bits per heavy atom. The largest absolute Gasteiger partial charge is 0.331 e. The molecule has 1 fully saturated rings. The minimum absolute atomic E-state index is 0.0109. The molecule has 1 N–H and O–H groups in total. The molecular formula is C20H31Cl2N9. The highest BCUT2D eigenvalue weighted by Gasteiger charge is 2.40. The molecule has 1 aliphatic rings. The predicted octanol–water partition coefficient (Wildman–Crippen LogP) is 3.19. The lowest BCUT2D eigenvalue weighted by Crippen LogP contribution is -2.62. The van der Waals surface area contributed by atoms with Crippen LogP contribution in [0.2, 0.25) is 10.6 Å². The Morgan fingerprint density at radius 2 is 1.42 bits per heavy atom. The SMILES string of the molecule is Cc1nc(Cl)nc(CN(CN(C)c2nc(C)nc(Cl)n2)C2CC(C)(C)NC(C)(C)C2)n1. The van der Waals surface area contributed by atoms with Gasteiger partial charge in [0, 0.05) is 24.2 Å². The lowest BCUT2D eigenvalue weighted by molar-refractivity contribution is 0.0602. The first-order valence-corrected chi connectivity index (χ1v) is 11.1. The summed E-state index contributed by atoms with van der Waals surface area (Å²) in [5.41, 5.74) is -0.0219. The Bertz CT molecular complexity index is 878. The van der Waals surface area contributed by atoms with E-state index in [2.05, 4.69) is 67.8 Å². The first kappa shape index (κ1) is 24.0. The molecule has 2 aromatic heterocycles. The number of hydrogen-bond donors (Lipinski definition) is 1. The van der Waals surface area contributed by atoms with Crippen molar-refractivity contribution in [1.82, 2.24) is 40.1 Å². The summed E-state index contributed by atoms with van der Waals surface area (Å²) >= 11 is 12.2. The molecule has 0 amide bonds. The number of halogens is 2. The maximum absolute atomic E-state index is 6.10. The van der Waals surface area contributed by atoms with Crippen molar-refractivity contribution in [3.63, 3.8) is 0 Å². The Morgan fingerprint density at radius 3 is 1.97 bits per heavy atom. The molecule has 31 heavy (non-hydrogen) atoms. The van der Waals surface area contributed by atoms with Crippen LogP contribution in [0.25, 0.3) is 0 Å². The normalized spacial score (nSPS) is 18.4. The van der Waals surface area contributed by atoms with Crippen molar-refractivity contribution in [2.45, 2.75) is 78.0 Å². The standard InChI is InChI=1S/C20H31Cl2N9/c1-12-23-15(27-16(21)24-12)10-31(14-8-19(3,4)29-20(5,6)9-14)11-30(7)18-26-13(2)25-17(22)28-18/h14,29H,8-11H2,1-7H3. The number of nitrogens with zero attached hydrogens (tertiary/aromatic N) is 8. The zero-order chi connectivity index (χ0) is 23.0. The van der Waals surface area contributed by atoms with Gasteiger partial charge in [-0.25, -0.2) is 19.9 Å². The Labute approximate surface area is 194 Å². The molecule has 0 aliphatic carbocycles. The van der Waals surface area contributed by atoms with Crippen LogP contribution in [0.3, 0.4) is 0 Å². The average Bonchev–Trinajstić information content (AvgIpc) is 2.56. The molecule has 1 saturated heterocycles. The van der Waals surface area contributed by atoms with Crippen molar-refractivity contribution >= 4 is 29.2 Å². The van der Waals surface area contributed by atoms with Crippen LogP contribution in [0, 0.1) is 13.8 Å². The summed E-state index contributed by atoms with van der Waals surface area (Å²) in [5, 5.41) is 4.14. The van der Waals surface area contributed by atoms with Gasteiger partial charge in [0.2, 0.25) is 16.5 Å². The minimum atomic E-state index is -0.0109. The first-order valence-electron chi connectivity index (χ1n) is 10.3. The van der Waals surface area contributed by atoms with Crippen LogP contribution in [0.5, 0.6) is 0 Å². The molecule has 3 rings (SSSR count). The van der Waals surface area contributed by atoms with E-state index in [1.807, 2.05) is 18.9 Å². The number of aryl methyl sites for hydroxylation is 2. The quantitative estimate of drug-likeness (QED) is 0.642. The highest BCUT2D eigenvalue weighted by Crippen LogP contribution is 2.32. The maximum atomic E-state index is 6.10. The Balaban J connectivity index is 1.91. The van der Waals surface area contributed by atoms with Gasteiger partial charge in [-0.15, -0.1) is 0 Å². The topological polar surface area (TPSA) is 95.9 Å². The third-order valence-electron chi connectivity index (χ3n) is 5.24. The third-order valence-corrected chi connectivity index (χ3v) is 5.58. The van der Waals surface area contributed by atoms with Crippen LogP contribution >= 0.6 is 23.2 Å². The first-order chi connectivity index (χ1) is 14.3. The molecule has 0 atom stereocenters. The second-order valence-electron chi connectivity index (χ2n) is 9.56.